The first-order valence-electron chi connectivity index (χ1n) is 0. The van der Waals surface area contributed by atoms with E-state index in [-0.39, 0.29) is 66.7 Å². The van der Waals surface area contributed by atoms with E-state index < -0.39 is 0 Å². The van der Waals surface area contributed by atoms with Crippen molar-refractivity contribution >= 4 is 0 Å². The summed E-state index contributed by atoms with van der Waals surface area (Å²) in [4.78, 5) is 0. The van der Waals surface area contributed by atoms with Crippen molar-refractivity contribution in [1.82, 2.24) is 0 Å². The van der Waals surface area contributed by atoms with Crippen molar-refractivity contribution in [1.29, 1.82) is 0 Å². The molecule has 0 atom stereocenters. The van der Waals surface area contributed by atoms with Crippen molar-refractivity contribution < 1.29 is 66.7 Å². The molecule has 0 aliphatic heterocycles. The molecular formula is H2Au2O4. The van der Waals surface area contributed by atoms with E-state index in [4.69, 9.17) is 0 Å². The average molecular weight is 460 g/mol. The SMILES string of the molecule is O.[Au+3].[Au+3].[O-2].[O-2].[O-2]. The van der Waals surface area contributed by atoms with Gasteiger partial charge in [-0.3, -0.25) is 0 Å². The fraction of sp³-hybridized carbons (Fsp3) is 0. The van der Waals surface area contributed by atoms with Crippen LogP contribution in [0.1, 0.15) is 0 Å². The molecule has 0 unspecified atom stereocenters. The molecule has 0 bridgehead atoms. The Morgan fingerprint density at radius 1 is 0.500 bits per heavy atom. The number of hydrogen-bond acceptors (Lipinski definition) is 0. The quantitative estimate of drug-likeness (QED) is 0.405. The predicted molar refractivity (Wildman–Crippen MR) is 5.67 cm³/mol. The third-order valence-electron chi connectivity index (χ3n) is 0. The minimum Gasteiger partial charge on any atom is -2.00 e. The smallest absolute Gasteiger partial charge is 2.00 e. The van der Waals surface area contributed by atoms with Crippen LogP contribution in [-0.2, 0) is 61.2 Å². The largest absolute Gasteiger partial charge is 3.00 e. The molecule has 0 aromatic rings. The second kappa shape index (κ2) is 103. The minimum absolute atomic E-state index is 0. The van der Waals surface area contributed by atoms with Crippen molar-refractivity contribution in [3.63, 3.8) is 0 Å². The summed E-state index contributed by atoms with van der Waals surface area (Å²) in [5, 5.41) is 0. The van der Waals surface area contributed by atoms with E-state index in [1.807, 2.05) is 0 Å². The van der Waals surface area contributed by atoms with Gasteiger partial charge in [0.15, 0.2) is 0 Å². The molecule has 0 heterocycles. The van der Waals surface area contributed by atoms with Crippen LogP contribution in [0.15, 0.2) is 0 Å². The van der Waals surface area contributed by atoms with Gasteiger partial charge in [-0.2, -0.15) is 0 Å². The van der Waals surface area contributed by atoms with E-state index in [1.165, 1.54) is 0 Å². The molecule has 4 nitrogen and oxygen atoms in total. The van der Waals surface area contributed by atoms with Gasteiger partial charge in [0.2, 0.25) is 0 Å². The third-order valence-corrected chi connectivity index (χ3v) is 0. The zero-order chi connectivity index (χ0) is 0. The molecule has 0 spiro atoms. The molecule has 48 valence electrons. The molecule has 0 saturated heterocycles. The van der Waals surface area contributed by atoms with Crippen molar-refractivity contribution in [2.45, 2.75) is 0 Å². The van der Waals surface area contributed by atoms with Crippen molar-refractivity contribution in [2.75, 3.05) is 0 Å². The Balaban J connectivity index is 0. The van der Waals surface area contributed by atoms with Gasteiger partial charge in [-0.15, -0.1) is 0 Å². The van der Waals surface area contributed by atoms with Gasteiger partial charge < -0.3 is 21.9 Å². The van der Waals surface area contributed by atoms with Crippen LogP contribution in [0.5, 0.6) is 0 Å². The minimum atomic E-state index is 0. The second-order valence-corrected chi connectivity index (χ2v) is 0. The van der Waals surface area contributed by atoms with E-state index in [0.717, 1.165) is 0 Å². The molecule has 0 aliphatic rings. The zero-order valence-corrected chi connectivity index (χ0v) is 6.66. The maximum Gasteiger partial charge on any atom is 3.00 e. The first-order valence-corrected chi connectivity index (χ1v) is 0. The van der Waals surface area contributed by atoms with E-state index in [9.17, 15) is 0 Å². The average Bonchev–Trinajstić information content (AvgIpc) is 0. The van der Waals surface area contributed by atoms with E-state index in [0.29, 0.717) is 0 Å². The summed E-state index contributed by atoms with van der Waals surface area (Å²) in [5.41, 5.74) is 0. The predicted octanol–water partition coefficient (Wildman–Crippen LogP) is -1.19. The van der Waals surface area contributed by atoms with Crippen molar-refractivity contribution in [3.05, 3.63) is 0 Å². The van der Waals surface area contributed by atoms with Crippen LogP contribution in [0.25, 0.3) is 0 Å². The molecule has 0 aromatic heterocycles. The van der Waals surface area contributed by atoms with Gasteiger partial charge in [0.1, 0.15) is 0 Å². The monoisotopic (exact) mass is 460 g/mol. The standard InChI is InChI=1S/2Au.H2O.3O/h;;1H2;;;/q2*+3;;3*-2. The summed E-state index contributed by atoms with van der Waals surface area (Å²) in [5.74, 6) is 0. The molecule has 0 fully saturated rings. The topological polar surface area (TPSA) is 117 Å². The van der Waals surface area contributed by atoms with Gasteiger partial charge in [-0.25, -0.2) is 0 Å². The molecule has 0 rings (SSSR count). The maximum absolute atomic E-state index is 0. The Morgan fingerprint density at radius 3 is 0.500 bits per heavy atom. The van der Waals surface area contributed by atoms with Gasteiger partial charge in [-0.05, 0) is 0 Å². The van der Waals surface area contributed by atoms with Crippen molar-refractivity contribution in [3.8, 4) is 0 Å². The van der Waals surface area contributed by atoms with Crippen LogP contribution >= 0.6 is 0 Å². The normalized spacial score (nSPS) is 0. The maximum atomic E-state index is 0. The molecule has 0 saturated carbocycles. The molecule has 0 aromatic carbocycles. The Hall–Kier alpha value is 1.32. The molecule has 2 N–H and O–H groups in total. The summed E-state index contributed by atoms with van der Waals surface area (Å²) >= 11 is 0. The van der Waals surface area contributed by atoms with Crippen LogP contribution in [0.3, 0.4) is 0 Å². The molecule has 0 aliphatic carbocycles. The first-order chi connectivity index (χ1) is 0. The van der Waals surface area contributed by atoms with Gasteiger partial charge in [0.25, 0.3) is 0 Å². The number of rotatable bonds is 0. The third kappa shape index (κ3) is 57.0. The molecule has 6 heavy (non-hydrogen) atoms. The van der Waals surface area contributed by atoms with Crippen molar-refractivity contribution in [2.24, 2.45) is 0 Å². The van der Waals surface area contributed by atoms with E-state index >= 15 is 0 Å². The summed E-state index contributed by atoms with van der Waals surface area (Å²) in [6, 6.07) is 0. The first kappa shape index (κ1) is 168. The van der Waals surface area contributed by atoms with Crippen LogP contribution in [0.4, 0.5) is 0 Å². The molecule has 0 radical (unpaired) electrons. The fourth-order valence-corrected chi connectivity index (χ4v) is 0. The Labute approximate surface area is 66.6 Å². The van der Waals surface area contributed by atoms with Crippen LogP contribution in [0.2, 0.25) is 0 Å². The summed E-state index contributed by atoms with van der Waals surface area (Å²) in [7, 11) is 0. The van der Waals surface area contributed by atoms with Gasteiger partial charge in [0.05, 0.1) is 0 Å². The summed E-state index contributed by atoms with van der Waals surface area (Å²) in [6.45, 7) is 0. The van der Waals surface area contributed by atoms with E-state index in [2.05, 4.69) is 0 Å². The van der Waals surface area contributed by atoms with Gasteiger partial charge in [0, 0.05) is 0 Å². The van der Waals surface area contributed by atoms with Crippen LogP contribution < -0.4 is 0 Å². The Morgan fingerprint density at radius 2 is 0.500 bits per heavy atom. The number of hydrogen-bond donors (Lipinski definition) is 0. The van der Waals surface area contributed by atoms with Crippen LogP contribution in [0, 0.1) is 0 Å². The Kier molecular flexibility index (Phi) is 2870. The molecular weight excluding hydrogens is 458 g/mol. The van der Waals surface area contributed by atoms with Gasteiger partial charge >= 0.3 is 44.8 Å². The second-order valence-electron chi connectivity index (χ2n) is 0. The molecule has 0 amide bonds. The summed E-state index contributed by atoms with van der Waals surface area (Å²) in [6.07, 6.45) is 0. The Bertz CT molecular complexity index is 5.51. The molecule has 6 heteroatoms. The van der Waals surface area contributed by atoms with E-state index in [1.54, 1.807) is 0 Å². The van der Waals surface area contributed by atoms with Crippen LogP contribution in [-0.4, -0.2) is 5.48 Å². The van der Waals surface area contributed by atoms with Gasteiger partial charge in [-0.1, -0.05) is 0 Å². The fourth-order valence-electron chi connectivity index (χ4n) is 0. The zero-order valence-electron chi connectivity index (χ0n) is 2.33. The summed E-state index contributed by atoms with van der Waals surface area (Å²) < 4.78 is 0.